The van der Waals surface area contributed by atoms with E-state index in [1.807, 2.05) is 60.7 Å². The van der Waals surface area contributed by atoms with Crippen LogP contribution in [0.3, 0.4) is 0 Å². The van der Waals surface area contributed by atoms with Crippen molar-refractivity contribution in [2.24, 2.45) is 0 Å². The predicted molar refractivity (Wildman–Crippen MR) is 117 cm³/mol. The van der Waals surface area contributed by atoms with E-state index < -0.39 is 10.0 Å². The Labute approximate surface area is 175 Å². The zero-order valence-corrected chi connectivity index (χ0v) is 17.2. The molecule has 0 radical (unpaired) electrons. The van der Waals surface area contributed by atoms with Crippen molar-refractivity contribution in [3.63, 3.8) is 0 Å². The number of benzene rings is 3. The number of nitrogens with one attached hydrogen (secondary N) is 1. The van der Waals surface area contributed by atoms with E-state index in [-0.39, 0.29) is 4.90 Å². The van der Waals surface area contributed by atoms with Crippen molar-refractivity contribution in [2.75, 3.05) is 11.8 Å². The van der Waals surface area contributed by atoms with Gasteiger partial charge in [-0.25, -0.2) is 8.42 Å². The van der Waals surface area contributed by atoms with Gasteiger partial charge in [-0.05, 0) is 17.7 Å². The van der Waals surface area contributed by atoms with Crippen molar-refractivity contribution >= 4 is 15.7 Å². The normalized spacial score (nSPS) is 11.2. The maximum Gasteiger partial charge on any atom is 0.265 e. The lowest BCUT2D eigenvalue weighted by molar-refractivity contribution is 0.417. The van der Waals surface area contributed by atoms with Crippen molar-refractivity contribution in [1.29, 1.82) is 0 Å². The Hall–Kier alpha value is -3.58. The number of anilines is 1. The van der Waals surface area contributed by atoms with E-state index in [2.05, 4.69) is 9.82 Å². The molecule has 0 spiro atoms. The highest BCUT2D eigenvalue weighted by Crippen LogP contribution is 2.30. The summed E-state index contributed by atoms with van der Waals surface area (Å²) in [6.07, 6.45) is 1.56. The smallest absolute Gasteiger partial charge is 0.265 e. The van der Waals surface area contributed by atoms with Crippen molar-refractivity contribution in [3.05, 3.63) is 96.7 Å². The summed E-state index contributed by atoms with van der Waals surface area (Å²) in [5.74, 6) is 0.444. The van der Waals surface area contributed by atoms with Gasteiger partial charge in [-0.15, -0.1) is 0 Å². The molecule has 4 aromatic rings. The minimum atomic E-state index is -3.91. The quantitative estimate of drug-likeness (QED) is 0.482. The third kappa shape index (κ3) is 4.21. The van der Waals surface area contributed by atoms with E-state index in [1.165, 1.54) is 7.11 Å². The van der Waals surface area contributed by atoms with Crippen molar-refractivity contribution in [2.45, 2.75) is 11.4 Å². The highest BCUT2D eigenvalue weighted by molar-refractivity contribution is 7.92. The molecule has 4 rings (SSSR count). The number of nitrogens with zero attached hydrogens (tertiary/aromatic N) is 2. The Kier molecular flexibility index (Phi) is 5.54. The third-order valence-corrected chi connectivity index (χ3v) is 5.97. The second-order valence-corrected chi connectivity index (χ2v) is 8.35. The summed E-state index contributed by atoms with van der Waals surface area (Å²) in [6.45, 7) is 0.463. The van der Waals surface area contributed by atoms with Gasteiger partial charge in [0.05, 0.1) is 19.3 Å². The molecule has 7 heteroatoms. The summed E-state index contributed by atoms with van der Waals surface area (Å²) in [4.78, 5) is 0.107. The molecular formula is C23H21N3O3S. The van der Waals surface area contributed by atoms with Gasteiger partial charge < -0.3 is 4.74 Å². The lowest BCUT2D eigenvalue weighted by atomic mass is 10.2. The molecule has 152 valence electrons. The minimum absolute atomic E-state index is 0.107. The van der Waals surface area contributed by atoms with E-state index in [0.717, 1.165) is 11.1 Å². The monoisotopic (exact) mass is 419 g/mol. The molecule has 30 heavy (non-hydrogen) atoms. The number of hydrogen-bond donors (Lipinski definition) is 1. The Morgan fingerprint density at radius 3 is 2.23 bits per heavy atom. The van der Waals surface area contributed by atoms with E-state index in [0.29, 0.717) is 23.7 Å². The van der Waals surface area contributed by atoms with Crippen LogP contribution in [0.15, 0.2) is 96.0 Å². The molecule has 1 aromatic heterocycles. The summed E-state index contributed by atoms with van der Waals surface area (Å²) in [5, 5.41) is 4.59. The molecule has 1 heterocycles. The van der Waals surface area contributed by atoms with Crippen LogP contribution in [-0.2, 0) is 16.6 Å². The first kappa shape index (κ1) is 19.7. The molecule has 0 saturated carbocycles. The molecule has 0 aliphatic carbocycles. The van der Waals surface area contributed by atoms with Gasteiger partial charge in [0, 0.05) is 11.8 Å². The average molecular weight is 420 g/mol. The summed E-state index contributed by atoms with van der Waals surface area (Å²) >= 11 is 0. The fourth-order valence-corrected chi connectivity index (χ4v) is 4.42. The molecule has 0 fully saturated rings. The van der Waals surface area contributed by atoms with Crippen LogP contribution in [0.1, 0.15) is 5.56 Å². The van der Waals surface area contributed by atoms with E-state index in [9.17, 15) is 8.42 Å². The number of ether oxygens (including phenoxy) is 1. The molecule has 0 aliphatic rings. The largest absolute Gasteiger partial charge is 0.495 e. The average Bonchev–Trinajstić information content (AvgIpc) is 3.20. The number of sulfonamides is 1. The lowest BCUT2D eigenvalue weighted by Gasteiger charge is -2.11. The van der Waals surface area contributed by atoms with Gasteiger partial charge in [-0.2, -0.15) is 5.10 Å². The molecule has 0 bridgehead atoms. The van der Waals surface area contributed by atoms with Gasteiger partial charge in [0.25, 0.3) is 10.0 Å². The predicted octanol–water partition coefficient (Wildman–Crippen LogP) is 4.41. The SMILES string of the molecule is COc1ccccc1NS(=O)(=O)c1cn(Cc2ccccc2)nc1-c1ccccc1. The van der Waals surface area contributed by atoms with Crippen LogP contribution in [0.25, 0.3) is 11.3 Å². The number of aromatic nitrogens is 2. The van der Waals surface area contributed by atoms with Crippen LogP contribution >= 0.6 is 0 Å². The zero-order valence-electron chi connectivity index (χ0n) is 16.4. The van der Waals surface area contributed by atoms with Crippen molar-refractivity contribution in [3.8, 4) is 17.0 Å². The Morgan fingerprint density at radius 1 is 0.900 bits per heavy atom. The topological polar surface area (TPSA) is 73.2 Å². The van der Waals surface area contributed by atoms with Gasteiger partial charge in [0.15, 0.2) is 0 Å². The molecule has 0 aliphatic heterocycles. The second kappa shape index (κ2) is 8.42. The number of para-hydroxylation sites is 2. The lowest BCUT2D eigenvalue weighted by Crippen LogP contribution is -2.14. The van der Waals surface area contributed by atoms with E-state index in [4.69, 9.17) is 4.74 Å². The maximum atomic E-state index is 13.3. The van der Waals surface area contributed by atoms with Gasteiger partial charge >= 0.3 is 0 Å². The van der Waals surface area contributed by atoms with Gasteiger partial charge in [-0.1, -0.05) is 72.8 Å². The van der Waals surface area contributed by atoms with Crippen molar-refractivity contribution in [1.82, 2.24) is 9.78 Å². The van der Waals surface area contributed by atoms with E-state index in [1.54, 1.807) is 35.1 Å². The van der Waals surface area contributed by atoms with Crippen LogP contribution in [0.2, 0.25) is 0 Å². The van der Waals surface area contributed by atoms with Gasteiger partial charge in [-0.3, -0.25) is 9.40 Å². The van der Waals surface area contributed by atoms with Crippen LogP contribution in [0, 0.1) is 0 Å². The summed E-state index contributed by atoms with van der Waals surface area (Å²) in [7, 11) is -2.41. The number of methoxy groups -OCH3 is 1. The maximum absolute atomic E-state index is 13.3. The first-order valence-electron chi connectivity index (χ1n) is 9.39. The molecule has 0 saturated heterocycles. The summed E-state index contributed by atoms with van der Waals surface area (Å²) in [6, 6.07) is 26.0. The van der Waals surface area contributed by atoms with Crippen molar-refractivity contribution < 1.29 is 13.2 Å². The standard InChI is InChI=1S/C23H21N3O3S/c1-29-21-15-9-8-14-20(21)25-30(27,28)22-17-26(16-18-10-4-2-5-11-18)24-23(22)19-12-6-3-7-13-19/h2-15,17,25H,16H2,1H3. The molecular weight excluding hydrogens is 398 g/mol. The summed E-state index contributed by atoms with van der Waals surface area (Å²) < 4.78 is 36.2. The van der Waals surface area contributed by atoms with Crippen LogP contribution in [0.5, 0.6) is 5.75 Å². The third-order valence-electron chi connectivity index (χ3n) is 4.60. The molecule has 0 atom stereocenters. The highest BCUT2D eigenvalue weighted by atomic mass is 32.2. The second-order valence-electron chi connectivity index (χ2n) is 6.70. The van der Waals surface area contributed by atoms with Crippen LogP contribution < -0.4 is 9.46 Å². The summed E-state index contributed by atoms with van der Waals surface area (Å²) in [5.41, 5.74) is 2.52. The Bertz CT molecular complexity index is 1240. The van der Waals surface area contributed by atoms with E-state index >= 15 is 0 Å². The number of hydrogen-bond acceptors (Lipinski definition) is 4. The van der Waals surface area contributed by atoms with Crippen LogP contribution in [0.4, 0.5) is 5.69 Å². The molecule has 3 aromatic carbocycles. The van der Waals surface area contributed by atoms with Gasteiger partial charge in [0.1, 0.15) is 16.3 Å². The minimum Gasteiger partial charge on any atom is -0.495 e. The zero-order chi connectivity index (χ0) is 21.0. The first-order chi connectivity index (χ1) is 14.6. The fraction of sp³-hybridized carbons (Fsp3) is 0.0870. The molecule has 0 unspecified atom stereocenters. The highest BCUT2D eigenvalue weighted by Gasteiger charge is 2.25. The first-order valence-corrected chi connectivity index (χ1v) is 10.9. The molecule has 6 nitrogen and oxygen atoms in total. The number of rotatable bonds is 7. The molecule has 1 N–H and O–H groups in total. The Balaban J connectivity index is 1.77. The fourth-order valence-electron chi connectivity index (χ4n) is 3.18. The van der Waals surface area contributed by atoms with Gasteiger partial charge in [0.2, 0.25) is 0 Å². The Morgan fingerprint density at radius 2 is 1.53 bits per heavy atom. The van der Waals surface area contributed by atoms with Crippen LogP contribution in [-0.4, -0.2) is 25.3 Å². The molecule has 0 amide bonds.